The Hall–Kier alpha value is -2.01. The molecular weight excluding hydrogens is 555 g/mol. The number of hydrogen-bond acceptors (Lipinski definition) is 4. The number of halogens is 4. The van der Waals surface area contributed by atoms with Gasteiger partial charge in [-0.15, -0.1) is 0 Å². The van der Waals surface area contributed by atoms with E-state index in [-0.39, 0.29) is 21.6 Å². The van der Waals surface area contributed by atoms with E-state index in [4.69, 9.17) is 34.8 Å². The number of amides is 2. The monoisotopic (exact) mass is 565 g/mol. The molecule has 0 radical (unpaired) electrons. The van der Waals surface area contributed by atoms with E-state index in [9.17, 15) is 19.5 Å². The van der Waals surface area contributed by atoms with Gasteiger partial charge >= 0.3 is 6.03 Å². The number of hydrogen-bond donors (Lipinski definition) is 4. The Morgan fingerprint density at radius 1 is 1.14 bits per heavy atom. The topological polar surface area (TPSA) is 111 Å². The first kappa shape index (κ1) is 21.7. The lowest BCUT2D eigenvalue weighted by atomic mass is 10.1. The van der Waals surface area contributed by atoms with Crippen LogP contribution in [0.1, 0.15) is 5.56 Å². The van der Waals surface area contributed by atoms with Gasteiger partial charge in [0.2, 0.25) is 0 Å². The molecule has 2 amide bonds. The van der Waals surface area contributed by atoms with Gasteiger partial charge in [0.05, 0.1) is 26.6 Å². The standard InChI is InChI=1S/C18H11Cl3IN3O4/c1-6-4-10-11(13(22)12(6)21)15(26)14(16(27)17(28)23-10)25-18(29)24-9-3-2-7(19)5-8(9)20/h2-5H,1H3,(H4,23,24,25,26,27,28,29). The summed E-state index contributed by atoms with van der Waals surface area (Å²) in [4.78, 5) is 39.5. The highest BCUT2D eigenvalue weighted by atomic mass is 127. The maximum Gasteiger partial charge on any atom is 0.323 e. The minimum absolute atomic E-state index is 0.125. The average molecular weight is 567 g/mol. The van der Waals surface area contributed by atoms with Crippen LogP contribution in [-0.4, -0.2) is 16.1 Å². The summed E-state index contributed by atoms with van der Waals surface area (Å²) in [5.41, 5.74) is -1.69. The van der Waals surface area contributed by atoms with E-state index in [0.29, 0.717) is 19.2 Å². The molecule has 0 fully saturated rings. The number of aromatic hydroxyl groups is 1. The molecule has 2 aromatic carbocycles. The number of H-pyrrole nitrogens is 1. The van der Waals surface area contributed by atoms with E-state index in [1.165, 1.54) is 24.3 Å². The van der Waals surface area contributed by atoms with Crippen molar-refractivity contribution in [3.05, 3.63) is 69.0 Å². The highest BCUT2D eigenvalue weighted by Crippen LogP contribution is 2.36. The van der Waals surface area contributed by atoms with Crippen molar-refractivity contribution in [3.8, 4) is 5.75 Å². The van der Waals surface area contributed by atoms with Crippen molar-refractivity contribution < 1.29 is 9.90 Å². The molecular formula is C18H11Cl3IN3O4. The van der Waals surface area contributed by atoms with Gasteiger partial charge in [-0.1, -0.05) is 34.8 Å². The van der Waals surface area contributed by atoms with Crippen LogP contribution in [0.15, 0.2) is 33.9 Å². The number of benzene rings is 2. The zero-order valence-electron chi connectivity index (χ0n) is 14.5. The van der Waals surface area contributed by atoms with E-state index in [1.54, 1.807) is 6.92 Å². The minimum Gasteiger partial charge on any atom is -0.505 e. The molecule has 0 atom stereocenters. The van der Waals surface area contributed by atoms with Crippen LogP contribution in [0.2, 0.25) is 15.1 Å². The summed E-state index contributed by atoms with van der Waals surface area (Å²) in [6.07, 6.45) is 0. The summed E-state index contributed by atoms with van der Waals surface area (Å²) < 4.78 is 0.409. The summed E-state index contributed by atoms with van der Waals surface area (Å²) in [6, 6.07) is 5.02. The van der Waals surface area contributed by atoms with Gasteiger partial charge in [-0.25, -0.2) is 4.79 Å². The Kier molecular flexibility index (Phi) is 6.27. The third kappa shape index (κ3) is 4.30. The quantitative estimate of drug-likeness (QED) is 0.255. The lowest BCUT2D eigenvalue weighted by Crippen LogP contribution is -2.30. The Morgan fingerprint density at radius 3 is 2.48 bits per heavy atom. The second-order valence-corrected chi connectivity index (χ2v) is 8.25. The molecule has 3 rings (SSSR count). The first-order valence-electron chi connectivity index (χ1n) is 7.91. The maximum atomic E-state index is 12.5. The fraction of sp³-hybridized carbons (Fsp3) is 0.0556. The van der Waals surface area contributed by atoms with Gasteiger partial charge in [0.25, 0.3) is 11.0 Å². The molecule has 0 bridgehead atoms. The molecule has 0 saturated carbocycles. The highest BCUT2D eigenvalue weighted by Gasteiger charge is 2.19. The molecule has 0 aliphatic carbocycles. The van der Waals surface area contributed by atoms with E-state index in [0.717, 1.165) is 0 Å². The van der Waals surface area contributed by atoms with Crippen molar-refractivity contribution in [1.29, 1.82) is 0 Å². The maximum absolute atomic E-state index is 12.5. The summed E-state index contributed by atoms with van der Waals surface area (Å²) in [5, 5.41) is 16.3. The molecule has 7 nitrogen and oxygen atoms in total. The molecule has 29 heavy (non-hydrogen) atoms. The van der Waals surface area contributed by atoms with Crippen molar-refractivity contribution >= 4 is 85.7 Å². The molecule has 0 saturated heterocycles. The number of aromatic nitrogens is 1. The molecule has 0 spiro atoms. The minimum atomic E-state index is -1.12. The van der Waals surface area contributed by atoms with Crippen LogP contribution in [0.25, 0.3) is 10.9 Å². The molecule has 11 heteroatoms. The highest BCUT2D eigenvalue weighted by molar-refractivity contribution is 14.1. The third-order valence-electron chi connectivity index (χ3n) is 3.96. The Balaban J connectivity index is 2.13. The molecule has 0 aliphatic rings. The van der Waals surface area contributed by atoms with Gasteiger partial charge in [-0.2, -0.15) is 0 Å². The number of urea groups is 1. The molecule has 3 aromatic rings. The van der Waals surface area contributed by atoms with Gasteiger partial charge in [-0.05, 0) is 59.3 Å². The summed E-state index contributed by atoms with van der Waals surface area (Å²) >= 11 is 19.9. The Labute approximate surface area is 192 Å². The number of aromatic amines is 1. The van der Waals surface area contributed by atoms with E-state index in [2.05, 4.69) is 15.6 Å². The van der Waals surface area contributed by atoms with E-state index in [1.807, 2.05) is 22.6 Å². The predicted molar refractivity (Wildman–Crippen MR) is 124 cm³/mol. The van der Waals surface area contributed by atoms with Gasteiger partial charge < -0.3 is 20.7 Å². The van der Waals surface area contributed by atoms with Gasteiger partial charge in [0.15, 0.2) is 5.75 Å². The van der Waals surface area contributed by atoms with Gasteiger partial charge in [0.1, 0.15) is 5.69 Å². The van der Waals surface area contributed by atoms with Gasteiger partial charge in [-0.3, -0.25) is 9.59 Å². The average Bonchev–Trinajstić information content (AvgIpc) is 2.73. The molecule has 1 aromatic heterocycles. The fourth-order valence-electron chi connectivity index (χ4n) is 2.58. The van der Waals surface area contributed by atoms with E-state index < -0.39 is 28.5 Å². The van der Waals surface area contributed by atoms with Crippen molar-refractivity contribution in [2.24, 2.45) is 0 Å². The van der Waals surface area contributed by atoms with Crippen LogP contribution in [0.4, 0.5) is 16.2 Å². The Morgan fingerprint density at radius 2 is 1.83 bits per heavy atom. The first-order valence-corrected chi connectivity index (χ1v) is 10.1. The van der Waals surface area contributed by atoms with Crippen LogP contribution in [0, 0.1) is 10.5 Å². The van der Waals surface area contributed by atoms with Crippen LogP contribution in [0.5, 0.6) is 5.75 Å². The zero-order valence-corrected chi connectivity index (χ0v) is 18.9. The molecule has 150 valence electrons. The third-order valence-corrected chi connectivity index (χ3v) is 6.39. The second kappa shape index (κ2) is 8.39. The number of carbonyl (C=O) groups is 1. The largest absolute Gasteiger partial charge is 0.505 e. The molecule has 0 aliphatic heterocycles. The summed E-state index contributed by atoms with van der Waals surface area (Å²) in [6.45, 7) is 1.72. The number of rotatable bonds is 2. The first-order chi connectivity index (χ1) is 13.6. The predicted octanol–water partition coefficient (Wildman–Crippen LogP) is 5.11. The number of fused-ring (bicyclic) bond motifs is 1. The van der Waals surface area contributed by atoms with Crippen molar-refractivity contribution in [2.75, 3.05) is 10.6 Å². The fourth-order valence-corrected chi connectivity index (χ4v) is 4.16. The Bertz CT molecular complexity index is 1290. The lowest BCUT2D eigenvalue weighted by Gasteiger charge is -2.10. The summed E-state index contributed by atoms with van der Waals surface area (Å²) in [5.74, 6) is -0.591. The molecule has 0 unspecified atom stereocenters. The van der Waals surface area contributed by atoms with Crippen LogP contribution in [0.3, 0.4) is 0 Å². The normalized spacial score (nSPS) is 10.8. The smallest absolute Gasteiger partial charge is 0.323 e. The molecule has 1 heterocycles. The van der Waals surface area contributed by atoms with Crippen molar-refractivity contribution in [3.63, 3.8) is 0 Å². The van der Waals surface area contributed by atoms with Crippen molar-refractivity contribution in [2.45, 2.75) is 6.92 Å². The number of nitrogens with one attached hydrogen (secondary N) is 3. The van der Waals surface area contributed by atoms with Crippen molar-refractivity contribution in [1.82, 2.24) is 4.98 Å². The van der Waals surface area contributed by atoms with Crippen LogP contribution in [-0.2, 0) is 0 Å². The number of carbonyl (C=O) groups excluding carboxylic acids is 1. The van der Waals surface area contributed by atoms with E-state index >= 15 is 0 Å². The van der Waals surface area contributed by atoms with Crippen LogP contribution < -0.4 is 21.6 Å². The summed E-state index contributed by atoms with van der Waals surface area (Å²) in [7, 11) is 0. The number of anilines is 2. The lowest BCUT2D eigenvalue weighted by molar-refractivity contribution is 0.262. The molecule has 4 N–H and O–H groups in total. The SMILES string of the molecule is Cc1cc2[nH]c(=O)c(=O)c(NC(=O)Nc3ccc(Cl)cc3Cl)c(O)c2c(I)c1Cl. The van der Waals surface area contributed by atoms with Gasteiger partial charge in [0, 0.05) is 8.59 Å². The number of aryl methyl sites for hydroxylation is 1. The van der Waals surface area contributed by atoms with Crippen LogP contribution >= 0.6 is 57.4 Å². The zero-order chi connectivity index (χ0) is 21.5. The second-order valence-electron chi connectivity index (χ2n) is 5.95.